The molecule has 1 aromatic carbocycles. The molecule has 0 bridgehead atoms. The largest absolute Gasteiger partial charge is 0.345 e. The maximum absolute atomic E-state index is 6.17. The van der Waals surface area contributed by atoms with E-state index in [2.05, 4.69) is 29.1 Å². The molecule has 1 aromatic heterocycles. The summed E-state index contributed by atoms with van der Waals surface area (Å²) in [4.78, 5) is 7.70. The molecule has 0 atom stereocenters. The highest BCUT2D eigenvalue weighted by atomic mass is 35.5. The van der Waals surface area contributed by atoms with E-state index in [1.54, 1.807) is 6.07 Å². The number of aromatic amines is 1. The maximum Gasteiger partial charge on any atom is 0.110 e. The SMILES string of the molecule is CC(C)CNCc1cnc(Cc2ccc(Cl)cc2Cl)[nH]1. The van der Waals surface area contributed by atoms with Crippen LogP contribution in [0.4, 0.5) is 0 Å². The van der Waals surface area contributed by atoms with Crippen LogP contribution in [0, 0.1) is 5.92 Å². The lowest BCUT2D eigenvalue weighted by molar-refractivity contribution is 0.548. The summed E-state index contributed by atoms with van der Waals surface area (Å²) in [6, 6.07) is 5.53. The molecule has 0 aliphatic carbocycles. The number of aromatic nitrogens is 2. The first-order valence-corrected chi connectivity index (χ1v) is 7.47. The van der Waals surface area contributed by atoms with Crippen molar-refractivity contribution in [3.63, 3.8) is 0 Å². The fourth-order valence-corrected chi connectivity index (χ4v) is 2.40. The smallest absolute Gasteiger partial charge is 0.110 e. The standard InChI is InChI=1S/C15H19Cl2N3/c1-10(2)7-18-8-13-9-19-15(20-13)5-11-3-4-12(16)6-14(11)17/h3-4,6,9-10,18H,5,7-8H2,1-2H3,(H,19,20). The number of nitrogens with zero attached hydrogens (tertiary/aromatic N) is 1. The van der Waals surface area contributed by atoms with Gasteiger partial charge in [-0.1, -0.05) is 43.1 Å². The number of imidazole rings is 1. The molecular formula is C15H19Cl2N3. The van der Waals surface area contributed by atoms with Gasteiger partial charge in [-0.2, -0.15) is 0 Å². The lowest BCUT2D eigenvalue weighted by atomic mass is 10.1. The Labute approximate surface area is 129 Å². The molecule has 0 saturated carbocycles. The van der Waals surface area contributed by atoms with E-state index in [-0.39, 0.29) is 0 Å². The number of benzene rings is 1. The summed E-state index contributed by atoms with van der Waals surface area (Å²) in [5.41, 5.74) is 2.11. The second kappa shape index (κ2) is 7.11. The first kappa shape index (κ1) is 15.4. The molecule has 2 aromatic rings. The molecule has 5 heteroatoms. The van der Waals surface area contributed by atoms with E-state index in [9.17, 15) is 0 Å². The van der Waals surface area contributed by atoms with Crippen LogP contribution in [-0.4, -0.2) is 16.5 Å². The number of halogens is 2. The molecule has 0 aliphatic rings. The van der Waals surface area contributed by atoms with Gasteiger partial charge in [-0.15, -0.1) is 0 Å². The summed E-state index contributed by atoms with van der Waals surface area (Å²) in [6.07, 6.45) is 2.55. The molecule has 0 unspecified atom stereocenters. The molecule has 1 heterocycles. The molecule has 0 radical (unpaired) electrons. The Kier molecular flexibility index (Phi) is 5.46. The monoisotopic (exact) mass is 311 g/mol. The van der Waals surface area contributed by atoms with E-state index in [1.165, 1.54) is 0 Å². The van der Waals surface area contributed by atoms with Crippen LogP contribution in [0.2, 0.25) is 10.0 Å². The molecule has 0 aliphatic heterocycles. The molecule has 2 rings (SSSR count). The number of hydrogen-bond donors (Lipinski definition) is 2. The zero-order valence-corrected chi connectivity index (χ0v) is 13.2. The van der Waals surface area contributed by atoms with Crippen LogP contribution in [0.15, 0.2) is 24.4 Å². The first-order valence-electron chi connectivity index (χ1n) is 6.72. The van der Waals surface area contributed by atoms with Crippen molar-refractivity contribution < 1.29 is 0 Å². The van der Waals surface area contributed by atoms with Crippen molar-refractivity contribution >= 4 is 23.2 Å². The van der Waals surface area contributed by atoms with E-state index in [1.807, 2.05) is 18.3 Å². The van der Waals surface area contributed by atoms with Crippen molar-refractivity contribution in [3.05, 3.63) is 51.5 Å². The van der Waals surface area contributed by atoms with Gasteiger partial charge in [0, 0.05) is 34.9 Å². The average molecular weight is 312 g/mol. The molecule has 3 nitrogen and oxygen atoms in total. The Morgan fingerprint density at radius 1 is 1.30 bits per heavy atom. The van der Waals surface area contributed by atoms with Crippen LogP contribution >= 0.6 is 23.2 Å². The minimum absolute atomic E-state index is 0.644. The first-order chi connectivity index (χ1) is 9.54. The summed E-state index contributed by atoms with van der Waals surface area (Å²) in [5, 5.41) is 4.71. The van der Waals surface area contributed by atoms with Gasteiger partial charge in [0.05, 0.1) is 0 Å². The molecule has 0 fully saturated rings. The summed E-state index contributed by atoms with van der Waals surface area (Å²) >= 11 is 12.1. The Bertz CT molecular complexity index is 564. The van der Waals surface area contributed by atoms with Crippen molar-refractivity contribution in [3.8, 4) is 0 Å². The van der Waals surface area contributed by atoms with Gasteiger partial charge >= 0.3 is 0 Å². The third-order valence-electron chi connectivity index (χ3n) is 2.92. The summed E-state index contributed by atoms with van der Waals surface area (Å²) in [5.74, 6) is 1.56. The van der Waals surface area contributed by atoms with Gasteiger partial charge in [0.25, 0.3) is 0 Å². The lowest BCUT2D eigenvalue weighted by Gasteiger charge is -2.05. The second-order valence-electron chi connectivity index (χ2n) is 5.29. The van der Waals surface area contributed by atoms with Gasteiger partial charge in [0.15, 0.2) is 0 Å². The summed E-state index contributed by atoms with van der Waals surface area (Å²) in [6.45, 7) is 6.18. The minimum atomic E-state index is 0.644. The number of nitrogens with one attached hydrogen (secondary N) is 2. The predicted molar refractivity (Wildman–Crippen MR) is 84.4 cm³/mol. The number of hydrogen-bond acceptors (Lipinski definition) is 2. The van der Waals surface area contributed by atoms with Crippen LogP contribution in [0.1, 0.15) is 30.9 Å². The number of H-pyrrole nitrogens is 1. The van der Waals surface area contributed by atoms with Crippen LogP contribution < -0.4 is 5.32 Å². The molecule has 0 saturated heterocycles. The van der Waals surface area contributed by atoms with Gasteiger partial charge in [0.2, 0.25) is 0 Å². The van der Waals surface area contributed by atoms with Crippen LogP contribution in [0.3, 0.4) is 0 Å². The number of rotatable bonds is 6. The van der Waals surface area contributed by atoms with Crippen molar-refractivity contribution in [2.45, 2.75) is 26.8 Å². The zero-order chi connectivity index (χ0) is 14.5. The fraction of sp³-hybridized carbons (Fsp3) is 0.400. The minimum Gasteiger partial charge on any atom is -0.345 e. The van der Waals surface area contributed by atoms with E-state index in [0.717, 1.165) is 30.2 Å². The Morgan fingerprint density at radius 2 is 2.10 bits per heavy atom. The van der Waals surface area contributed by atoms with E-state index >= 15 is 0 Å². The second-order valence-corrected chi connectivity index (χ2v) is 6.14. The lowest BCUT2D eigenvalue weighted by Crippen LogP contribution is -2.19. The van der Waals surface area contributed by atoms with Gasteiger partial charge in [0.1, 0.15) is 5.82 Å². The summed E-state index contributed by atoms with van der Waals surface area (Å²) in [7, 11) is 0. The van der Waals surface area contributed by atoms with Crippen LogP contribution in [0.5, 0.6) is 0 Å². The predicted octanol–water partition coefficient (Wildman–Crippen LogP) is 4.05. The highest BCUT2D eigenvalue weighted by Crippen LogP contribution is 2.22. The average Bonchev–Trinajstić information content (AvgIpc) is 2.80. The van der Waals surface area contributed by atoms with Crippen LogP contribution in [0.25, 0.3) is 0 Å². The molecule has 0 spiro atoms. The molecule has 108 valence electrons. The molecule has 2 N–H and O–H groups in total. The van der Waals surface area contributed by atoms with E-state index in [0.29, 0.717) is 22.4 Å². The third-order valence-corrected chi connectivity index (χ3v) is 3.51. The zero-order valence-electron chi connectivity index (χ0n) is 11.7. The summed E-state index contributed by atoms with van der Waals surface area (Å²) < 4.78 is 0. The molecule has 20 heavy (non-hydrogen) atoms. The Hall–Kier alpha value is -1.03. The van der Waals surface area contributed by atoms with E-state index < -0.39 is 0 Å². The van der Waals surface area contributed by atoms with E-state index in [4.69, 9.17) is 23.2 Å². The van der Waals surface area contributed by atoms with Gasteiger partial charge in [-0.3, -0.25) is 0 Å². The highest BCUT2D eigenvalue weighted by Gasteiger charge is 2.06. The van der Waals surface area contributed by atoms with Crippen molar-refractivity contribution in [2.24, 2.45) is 5.92 Å². The van der Waals surface area contributed by atoms with Crippen LogP contribution in [-0.2, 0) is 13.0 Å². The topological polar surface area (TPSA) is 40.7 Å². The normalized spacial score (nSPS) is 11.2. The Morgan fingerprint density at radius 3 is 2.80 bits per heavy atom. The molecular weight excluding hydrogens is 293 g/mol. The highest BCUT2D eigenvalue weighted by molar-refractivity contribution is 6.35. The fourth-order valence-electron chi connectivity index (χ4n) is 1.93. The maximum atomic E-state index is 6.17. The Balaban J connectivity index is 1.95. The third kappa shape index (κ3) is 4.51. The quantitative estimate of drug-likeness (QED) is 0.845. The van der Waals surface area contributed by atoms with Crippen molar-refractivity contribution in [1.29, 1.82) is 0 Å². The van der Waals surface area contributed by atoms with Gasteiger partial charge in [-0.25, -0.2) is 4.98 Å². The van der Waals surface area contributed by atoms with Gasteiger partial charge < -0.3 is 10.3 Å². The van der Waals surface area contributed by atoms with Gasteiger partial charge in [-0.05, 0) is 30.2 Å². The molecule has 0 amide bonds. The van der Waals surface area contributed by atoms with Crippen molar-refractivity contribution in [2.75, 3.05) is 6.54 Å². The van der Waals surface area contributed by atoms with Crippen molar-refractivity contribution in [1.82, 2.24) is 15.3 Å².